The van der Waals surface area contributed by atoms with Gasteiger partial charge in [-0.2, -0.15) is 0 Å². The van der Waals surface area contributed by atoms with Crippen LogP contribution in [0.15, 0.2) is 12.5 Å². The van der Waals surface area contributed by atoms with E-state index in [1.807, 2.05) is 4.90 Å². The van der Waals surface area contributed by atoms with Crippen molar-refractivity contribution < 1.29 is 9.18 Å². The van der Waals surface area contributed by atoms with Crippen LogP contribution in [-0.4, -0.2) is 35.0 Å². The van der Waals surface area contributed by atoms with Crippen LogP contribution < -0.4 is 10.2 Å². The molecule has 1 saturated heterocycles. The number of hydrogen-bond donors (Lipinski definition) is 1. The molecule has 102 valence electrons. The highest BCUT2D eigenvalue weighted by Crippen LogP contribution is 2.29. The lowest BCUT2D eigenvalue weighted by Crippen LogP contribution is -2.48. The highest BCUT2D eigenvalue weighted by atomic mass is 19.1. The molecule has 0 spiro atoms. The summed E-state index contributed by atoms with van der Waals surface area (Å²) in [5.74, 6) is 0.290. The van der Waals surface area contributed by atoms with Gasteiger partial charge in [-0.1, -0.05) is 0 Å². The number of halogens is 1. The van der Waals surface area contributed by atoms with Gasteiger partial charge in [0.15, 0.2) is 11.6 Å². The average molecular weight is 264 g/mol. The molecule has 2 heterocycles. The second-order valence-corrected chi connectivity index (χ2v) is 5.26. The van der Waals surface area contributed by atoms with Crippen LogP contribution in [0.25, 0.3) is 0 Å². The summed E-state index contributed by atoms with van der Waals surface area (Å²) in [6, 6.07) is 0.0937. The molecule has 1 saturated carbocycles. The molecular formula is C13H17FN4O. The monoisotopic (exact) mass is 264 g/mol. The molecule has 0 bridgehead atoms. The molecule has 1 aromatic rings. The molecule has 1 aliphatic carbocycles. The minimum absolute atomic E-state index is 0.0937. The van der Waals surface area contributed by atoms with Crippen LogP contribution in [0.1, 0.15) is 25.7 Å². The van der Waals surface area contributed by atoms with Crippen molar-refractivity contribution in [2.24, 2.45) is 5.92 Å². The van der Waals surface area contributed by atoms with E-state index in [2.05, 4.69) is 15.3 Å². The summed E-state index contributed by atoms with van der Waals surface area (Å²) in [6.45, 7) is 1.39. The van der Waals surface area contributed by atoms with Crippen molar-refractivity contribution in [3.8, 4) is 0 Å². The Morgan fingerprint density at radius 3 is 3.00 bits per heavy atom. The third kappa shape index (κ3) is 2.83. The lowest BCUT2D eigenvalue weighted by Gasteiger charge is -2.34. The first-order valence-corrected chi connectivity index (χ1v) is 6.75. The predicted octanol–water partition coefficient (Wildman–Crippen LogP) is 1.11. The van der Waals surface area contributed by atoms with Crippen LogP contribution in [0.3, 0.4) is 0 Å². The molecule has 2 fully saturated rings. The van der Waals surface area contributed by atoms with Crippen molar-refractivity contribution in [1.82, 2.24) is 15.3 Å². The van der Waals surface area contributed by atoms with Gasteiger partial charge in [0.05, 0.1) is 6.20 Å². The molecule has 19 heavy (non-hydrogen) atoms. The molecule has 3 rings (SSSR count). The van der Waals surface area contributed by atoms with Gasteiger partial charge in [0, 0.05) is 25.0 Å². The second-order valence-electron chi connectivity index (χ2n) is 5.26. The van der Waals surface area contributed by atoms with E-state index in [9.17, 15) is 9.18 Å². The Kier molecular flexibility index (Phi) is 3.31. The lowest BCUT2D eigenvalue weighted by atomic mass is 10.1. The number of amides is 1. The van der Waals surface area contributed by atoms with E-state index < -0.39 is 5.82 Å². The predicted molar refractivity (Wildman–Crippen MR) is 68.1 cm³/mol. The number of aromatic nitrogens is 2. The second kappa shape index (κ2) is 5.11. The van der Waals surface area contributed by atoms with Crippen molar-refractivity contribution in [3.63, 3.8) is 0 Å². The summed E-state index contributed by atoms with van der Waals surface area (Å²) in [7, 11) is 0. The number of piperidine rings is 1. The highest BCUT2D eigenvalue weighted by molar-refractivity contribution is 5.81. The SMILES string of the molecule is O=C(NC1CCCN(c2ncncc2F)C1)C1CC1. The molecular weight excluding hydrogens is 247 g/mol. The first-order chi connectivity index (χ1) is 9.24. The van der Waals surface area contributed by atoms with Crippen LogP contribution in [-0.2, 0) is 4.79 Å². The maximum Gasteiger partial charge on any atom is 0.223 e. The van der Waals surface area contributed by atoms with Gasteiger partial charge in [-0.25, -0.2) is 14.4 Å². The van der Waals surface area contributed by atoms with Crippen molar-refractivity contribution in [2.45, 2.75) is 31.7 Å². The zero-order chi connectivity index (χ0) is 13.2. The molecule has 5 nitrogen and oxygen atoms in total. The van der Waals surface area contributed by atoms with Crippen LogP contribution >= 0.6 is 0 Å². The minimum Gasteiger partial charge on any atom is -0.352 e. The molecule has 6 heteroatoms. The lowest BCUT2D eigenvalue weighted by molar-refractivity contribution is -0.123. The van der Waals surface area contributed by atoms with E-state index >= 15 is 0 Å². The van der Waals surface area contributed by atoms with Crippen LogP contribution in [0.5, 0.6) is 0 Å². The summed E-state index contributed by atoms with van der Waals surface area (Å²) in [5, 5.41) is 3.05. The van der Waals surface area contributed by atoms with Gasteiger partial charge >= 0.3 is 0 Å². The van der Waals surface area contributed by atoms with Gasteiger partial charge in [-0.05, 0) is 25.7 Å². The van der Waals surface area contributed by atoms with Gasteiger partial charge in [0.2, 0.25) is 5.91 Å². The normalized spacial score (nSPS) is 23.2. The molecule has 2 aliphatic rings. The summed E-state index contributed by atoms with van der Waals surface area (Å²) < 4.78 is 13.6. The maximum absolute atomic E-state index is 13.6. The standard InChI is InChI=1S/C13H17FN4O/c14-11-6-15-8-16-12(11)18-5-1-2-10(7-18)17-13(19)9-3-4-9/h6,8-10H,1-5,7H2,(H,17,19). The molecule has 1 aliphatic heterocycles. The highest BCUT2D eigenvalue weighted by Gasteiger charge is 2.32. The van der Waals surface area contributed by atoms with Gasteiger partial charge in [0.1, 0.15) is 6.33 Å². The van der Waals surface area contributed by atoms with Crippen LogP contribution in [0, 0.1) is 11.7 Å². The summed E-state index contributed by atoms with van der Waals surface area (Å²) in [4.78, 5) is 21.3. The third-order valence-electron chi connectivity index (χ3n) is 3.66. The summed E-state index contributed by atoms with van der Waals surface area (Å²) in [5.41, 5.74) is 0. The number of nitrogens with one attached hydrogen (secondary N) is 1. The van der Waals surface area contributed by atoms with Crippen molar-refractivity contribution in [2.75, 3.05) is 18.0 Å². The Morgan fingerprint density at radius 1 is 1.42 bits per heavy atom. The smallest absolute Gasteiger partial charge is 0.223 e. The quantitative estimate of drug-likeness (QED) is 0.888. The number of carbonyl (C=O) groups is 1. The molecule has 0 radical (unpaired) electrons. The fourth-order valence-electron chi connectivity index (χ4n) is 2.49. The Hall–Kier alpha value is -1.72. The van der Waals surface area contributed by atoms with Gasteiger partial charge in [-0.15, -0.1) is 0 Å². The number of carbonyl (C=O) groups excluding carboxylic acids is 1. The largest absolute Gasteiger partial charge is 0.352 e. The fraction of sp³-hybridized carbons (Fsp3) is 0.615. The van der Waals surface area contributed by atoms with Gasteiger partial charge in [0.25, 0.3) is 0 Å². The third-order valence-corrected chi connectivity index (χ3v) is 3.66. The van der Waals surface area contributed by atoms with Crippen molar-refractivity contribution in [1.29, 1.82) is 0 Å². The Morgan fingerprint density at radius 2 is 2.26 bits per heavy atom. The van der Waals surface area contributed by atoms with Gasteiger partial charge in [-0.3, -0.25) is 4.79 Å². The summed E-state index contributed by atoms with van der Waals surface area (Å²) >= 11 is 0. The Bertz CT molecular complexity index is 477. The Balaban J connectivity index is 1.64. The molecule has 0 aromatic carbocycles. The van der Waals surface area contributed by atoms with Crippen molar-refractivity contribution >= 4 is 11.7 Å². The van der Waals surface area contributed by atoms with E-state index in [-0.39, 0.29) is 17.9 Å². The number of anilines is 1. The van der Waals surface area contributed by atoms with E-state index in [0.717, 1.165) is 32.2 Å². The zero-order valence-electron chi connectivity index (χ0n) is 10.7. The average Bonchev–Trinajstić information content (AvgIpc) is 3.24. The van der Waals surface area contributed by atoms with E-state index in [4.69, 9.17) is 0 Å². The topological polar surface area (TPSA) is 58.1 Å². The molecule has 1 unspecified atom stereocenters. The number of rotatable bonds is 3. The maximum atomic E-state index is 13.6. The minimum atomic E-state index is -0.406. The molecule has 1 N–H and O–H groups in total. The van der Waals surface area contributed by atoms with E-state index in [0.29, 0.717) is 12.4 Å². The number of nitrogens with zero attached hydrogens (tertiary/aromatic N) is 3. The fourth-order valence-corrected chi connectivity index (χ4v) is 2.49. The molecule has 1 aromatic heterocycles. The van der Waals surface area contributed by atoms with E-state index in [1.54, 1.807) is 0 Å². The first-order valence-electron chi connectivity index (χ1n) is 6.75. The van der Waals surface area contributed by atoms with Gasteiger partial charge < -0.3 is 10.2 Å². The zero-order valence-corrected chi connectivity index (χ0v) is 10.7. The number of hydrogen-bond acceptors (Lipinski definition) is 4. The van der Waals surface area contributed by atoms with E-state index in [1.165, 1.54) is 12.5 Å². The first kappa shape index (κ1) is 12.3. The van der Waals surface area contributed by atoms with Crippen LogP contribution in [0.2, 0.25) is 0 Å². The van der Waals surface area contributed by atoms with Crippen LogP contribution in [0.4, 0.5) is 10.2 Å². The molecule has 1 amide bonds. The Labute approximate surface area is 111 Å². The summed E-state index contributed by atoms with van der Waals surface area (Å²) in [6.07, 6.45) is 6.41. The van der Waals surface area contributed by atoms with Crippen molar-refractivity contribution in [3.05, 3.63) is 18.3 Å². The molecule has 1 atom stereocenters.